The number of rotatable bonds is 1. The van der Waals surface area contributed by atoms with Gasteiger partial charge in [0.25, 0.3) is 0 Å². The first-order valence-electron chi connectivity index (χ1n) is 3.97. The third-order valence-electron chi connectivity index (χ3n) is 2.09. The lowest BCUT2D eigenvalue weighted by Crippen LogP contribution is -1.86. The predicted octanol–water partition coefficient (Wildman–Crippen LogP) is 2.14. The van der Waals surface area contributed by atoms with E-state index in [0.29, 0.717) is 17.6 Å². The van der Waals surface area contributed by atoms with Crippen molar-refractivity contribution >= 4 is 22.9 Å². The van der Waals surface area contributed by atoms with Crippen molar-refractivity contribution < 1.29 is 9.21 Å². The van der Waals surface area contributed by atoms with Crippen LogP contribution >= 0.6 is 0 Å². The summed E-state index contributed by atoms with van der Waals surface area (Å²) in [5, 5.41) is 0.808. The molecule has 2 aromatic rings. The topological polar surface area (TPSA) is 56.2 Å². The number of aryl methyl sites for hydroxylation is 1. The molecule has 0 radical (unpaired) electrons. The molecule has 3 nitrogen and oxygen atoms in total. The molecule has 0 aliphatic rings. The average Bonchev–Trinajstić information content (AvgIpc) is 2.45. The van der Waals surface area contributed by atoms with Crippen molar-refractivity contribution in [3.05, 3.63) is 29.5 Å². The summed E-state index contributed by atoms with van der Waals surface area (Å²) in [5.41, 5.74) is 7.80. The molecule has 13 heavy (non-hydrogen) atoms. The van der Waals surface area contributed by atoms with Crippen molar-refractivity contribution in [3.8, 4) is 0 Å². The van der Waals surface area contributed by atoms with Crippen LogP contribution in [0.25, 0.3) is 11.0 Å². The number of benzene rings is 1. The van der Waals surface area contributed by atoms with E-state index in [4.69, 9.17) is 10.2 Å². The summed E-state index contributed by atoms with van der Waals surface area (Å²) in [7, 11) is 0. The van der Waals surface area contributed by atoms with Gasteiger partial charge in [0.05, 0.1) is 5.69 Å². The summed E-state index contributed by atoms with van der Waals surface area (Å²) < 4.78 is 5.29. The van der Waals surface area contributed by atoms with E-state index in [2.05, 4.69) is 0 Å². The zero-order valence-electron chi connectivity index (χ0n) is 7.20. The van der Waals surface area contributed by atoms with Gasteiger partial charge in [0.1, 0.15) is 5.58 Å². The number of anilines is 1. The Labute approximate surface area is 75.1 Å². The first kappa shape index (κ1) is 7.86. The van der Waals surface area contributed by atoms with E-state index in [1.165, 1.54) is 0 Å². The third-order valence-corrected chi connectivity index (χ3v) is 2.09. The van der Waals surface area contributed by atoms with Crippen LogP contribution in [-0.4, -0.2) is 6.29 Å². The molecular formula is C10H9NO2. The number of carbonyl (C=O) groups is 1. The van der Waals surface area contributed by atoms with Crippen LogP contribution in [0.1, 0.15) is 16.1 Å². The maximum absolute atomic E-state index is 10.5. The zero-order chi connectivity index (χ0) is 9.42. The SMILES string of the molecule is Cc1cccc2c(N)c(C=O)oc12. The standard InChI is InChI=1S/C10H9NO2/c1-6-3-2-4-7-9(11)8(5-12)13-10(6)7/h2-5H,11H2,1H3. The molecule has 1 aromatic carbocycles. The summed E-state index contributed by atoms with van der Waals surface area (Å²) in [6.45, 7) is 1.92. The molecule has 0 unspecified atom stereocenters. The Hall–Kier alpha value is -1.77. The summed E-state index contributed by atoms with van der Waals surface area (Å²) in [6, 6.07) is 5.64. The van der Waals surface area contributed by atoms with Crippen molar-refractivity contribution in [1.82, 2.24) is 0 Å². The van der Waals surface area contributed by atoms with Crippen LogP contribution < -0.4 is 5.73 Å². The first-order chi connectivity index (χ1) is 6.24. The van der Waals surface area contributed by atoms with Crippen LogP contribution in [0.3, 0.4) is 0 Å². The highest BCUT2D eigenvalue weighted by atomic mass is 16.3. The lowest BCUT2D eigenvalue weighted by molar-refractivity contribution is 0.110. The van der Waals surface area contributed by atoms with E-state index in [1.807, 2.05) is 25.1 Å². The van der Waals surface area contributed by atoms with Crippen LogP contribution in [0.4, 0.5) is 5.69 Å². The van der Waals surface area contributed by atoms with E-state index >= 15 is 0 Å². The Morgan fingerprint density at radius 2 is 2.23 bits per heavy atom. The van der Waals surface area contributed by atoms with Gasteiger partial charge in [-0.1, -0.05) is 12.1 Å². The lowest BCUT2D eigenvalue weighted by atomic mass is 10.1. The van der Waals surface area contributed by atoms with E-state index in [0.717, 1.165) is 10.9 Å². The molecule has 2 N–H and O–H groups in total. The van der Waals surface area contributed by atoms with Gasteiger partial charge in [-0.3, -0.25) is 4.79 Å². The average molecular weight is 175 g/mol. The second-order valence-corrected chi connectivity index (χ2v) is 2.95. The molecule has 0 fully saturated rings. The van der Waals surface area contributed by atoms with Gasteiger partial charge in [0.15, 0.2) is 12.0 Å². The largest absolute Gasteiger partial charge is 0.451 e. The van der Waals surface area contributed by atoms with Gasteiger partial charge in [-0.05, 0) is 18.6 Å². The monoisotopic (exact) mass is 175 g/mol. The smallest absolute Gasteiger partial charge is 0.190 e. The van der Waals surface area contributed by atoms with Crippen LogP contribution in [0.5, 0.6) is 0 Å². The quantitative estimate of drug-likeness (QED) is 0.675. The van der Waals surface area contributed by atoms with Gasteiger partial charge < -0.3 is 10.2 Å². The summed E-state index contributed by atoms with van der Waals surface area (Å²) in [6.07, 6.45) is 0.634. The van der Waals surface area contributed by atoms with Crippen molar-refractivity contribution in [1.29, 1.82) is 0 Å². The molecule has 0 aliphatic carbocycles. The van der Waals surface area contributed by atoms with Crippen molar-refractivity contribution in [2.45, 2.75) is 6.92 Å². The van der Waals surface area contributed by atoms with Crippen LogP contribution in [0.15, 0.2) is 22.6 Å². The van der Waals surface area contributed by atoms with Crippen LogP contribution in [0.2, 0.25) is 0 Å². The zero-order valence-corrected chi connectivity index (χ0v) is 7.20. The lowest BCUT2D eigenvalue weighted by Gasteiger charge is -1.91. The minimum absolute atomic E-state index is 0.212. The molecule has 1 heterocycles. The molecule has 0 atom stereocenters. The van der Waals surface area contributed by atoms with Gasteiger partial charge in [-0.25, -0.2) is 0 Å². The van der Waals surface area contributed by atoms with Crippen LogP contribution in [0, 0.1) is 6.92 Å². The predicted molar refractivity (Wildman–Crippen MR) is 50.8 cm³/mol. The van der Waals surface area contributed by atoms with E-state index in [-0.39, 0.29) is 5.76 Å². The number of nitrogens with two attached hydrogens (primary N) is 1. The fourth-order valence-electron chi connectivity index (χ4n) is 1.39. The van der Waals surface area contributed by atoms with E-state index < -0.39 is 0 Å². The minimum atomic E-state index is 0.212. The van der Waals surface area contributed by atoms with Gasteiger partial charge >= 0.3 is 0 Å². The number of fused-ring (bicyclic) bond motifs is 1. The Morgan fingerprint density at radius 1 is 1.46 bits per heavy atom. The number of carbonyl (C=O) groups excluding carboxylic acids is 1. The Balaban J connectivity index is 2.91. The summed E-state index contributed by atoms with van der Waals surface area (Å²) in [4.78, 5) is 10.5. The minimum Gasteiger partial charge on any atom is -0.451 e. The van der Waals surface area contributed by atoms with E-state index in [1.54, 1.807) is 0 Å². The molecule has 0 bridgehead atoms. The fourth-order valence-corrected chi connectivity index (χ4v) is 1.39. The molecule has 0 aliphatic heterocycles. The molecular weight excluding hydrogens is 166 g/mol. The highest BCUT2D eigenvalue weighted by Crippen LogP contribution is 2.28. The number of furan rings is 1. The molecule has 66 valence electrons. The Bertz CT molecular complexity index is 471. The molecule has 0 saturated carbocycles. The Kier molecular flexibility index (Phi) is 1.59. The van der Waals surface area contributed by atoms with E-state index in [9.17, 15) is 4.79 Å². The highest BCUT2D eigenvalue weighted by molar-refractivity contribution is 5.99. The fraction of sp³-hybridized carbons (Fsp3) is 0.100. The van der Waals surface area contributed by atoms with Gasteiger partial charge in [0.2, 0.25) is 0 Å². The van der Waals surface area contributed by atoms with Gasteiger partial charge in [0, 0.05) is 5.39 Å². The number of para-hydroxylation sites is 1. The van der Waals surface area contributed by atoms with Crippen molar-refractivity contribution in [2.24, 2.45) is 0 Å². The Morgan fingerprint density at radius 3 is 2.85 bits per heavy atom. The number of aldehydes is 1. The van der Waals surface area contributed by atoms with Gasteiger partial charge in [-0.15, -0.1) is 0 Å². The summed E-state index contributed by atoms with van der Waals surface area (Å²) >= 11 is 0. The molecule has 2 rings (SSSR count). The first-order valence-corrected chi connectivity index (χ1v) is 3.97. The molecule has 3 heteroatoms. The van der Waals surface area contributed by atoms with Crippen LogP contribution in [-0.2, 0) is 0 Å². The maximum atomic E-state index is 10.5. The third kappa shape index (κ3) is 1.01. The van der Waals surface area contributed by atoms with Crippen molar-refractivity contribution in [3.63, 3.8) is 0 Å². The molecule has 0 amide bonds. The van der Waals surface area contributed by atoms with Crippen molar-refractivity contribution in [2.75, 3.05) is 5.73 Å². The number of hydrogen-bond donors (Lipinski definition) is 1. The second kappa shape index (κ2) is 2.62. The highest BCUT2D eigenvalue weighted by Gasteiger charge is 2.10. The normalized spacial score (nSPS) is 10.5. The summed E-state index contributed by atoms with van der Waals surface area (Å²) in [5.74, 6) is 0.212. The number of hydrogen-bond acceptors (Lipinski definition) is 3. The number of nitrogen functional groups attached to an aromatic ring is 1. The molecule has 0 spiro atoms. The maximum Gasteiger partial charge on any atom is 0.190 e. The molecule has 0 saturated heterocycles. The second-order valence-electron chi connectivity index (χ2n) is 2.95. The molecule has 1 aromatic heterocycles. The van der Waals surface area contributed by atoms with Gasteiger partial charge in [-0.2, -0.15) is 0 Å².